The SMILES string of the molecule is Cc1cc(F)cc(C)c1C(N)c1cc2ccc(F)cc2s1. The maximum Gasteiger partial charge on any atom is 0.124 e. The number of aryl methyl sites for hydroxylation is 2. The highest BCUT2D eigenvalue weighted by Gasteiger charge is 2.17. The van der Waals surface area contributed by atoms with Gasteiger partial charge in [-0.25, -0.2) is 8.78 Å². The second-order valence-corrected chi connectivity index (χ2v) is 6.38. The molecule has 0 spiro atoms. The fourth-order valence-electron chi connectivity index (χ4n) is 2.73. The van der Waals surface area contributed by atoms with E-state index in [4.69, 9.17) is 5.73 Å². The molecule has 0 bridgehead atoms. The molecule has 21 heavy (non-hydrogen) atoms. The summed E-state index contributed by atoms with van der Waals surface area (Å²) in [6.45, 7) is 3.72. The van der Waals surface area contributed by atoms with Gasteiger partial charge in [0.05, 0.1) is 6.04 Å². The summed E-state index contributed by atoms with van der Waals surface area (Å²) in [5.41, 5.74) is 8.97. The van der Waals surface area contributed by atoms with Crippen LogP contribution in [-0.2, 0) is 0 Å². The van der Waals surface area contributed by atoms with E-state index in [0.717, 1.165) is 31.7 Å². The zero-order valence-corrected chi connectivity index (χ0v) is 12.6. The lowest BCUT2D eigenvalue weighted by atomic mass is 9.95. The highest BCUT2D eigenvalue weighted by atomic mass is 32.1. The van der Waals surface area contributed by atoms with Gasteiger partial charge >= 0.3 is 0 Å². The minimum atomic E-state index is -0.328. The van der Waals surface area contributed by atoms with Crippen molar-refractivity contribution in [2.24, 2.45) is 5.73 Å². The summed E-state index contributed by atoms with van der Waals surface area (Å²) in [5.74, 6) is -0.502. The van der Waals surface area contributed by atoms with Crippen LogP contribution in [0.25, 0.3) is 10.1 Å². The first kappa shape index (κ1) is 14.2. The molecule has 0 amide bonds. The number of nitrogens with two attached hydrogens (primary N) is 1. The van der Waals surface area contributed by atoms with Crippen LogP contribution in [0.2, 0.25) is 0 Å². The summed E-state index contributed by atoms with van der Waals surface area (Å²) >= 11 is 1.48. The van der Waals surface area contributed by atoms with Crippen LogP contribution < -0.4 is 5.73 Å². The molecule has 2 aromatic carbocycles. The summed E-state index contributed by atoms with van der Waals surface area (Å²) in [4.78, 5) is 0.952. The molecule has 1 heterocycles. The number of thiophene rings is 1. The molecule has 3 rings (SSSR count). The maximum atomic E-state index is 13.4. The maximum absolute atomic E-state index is 13.4. The number of hydrogen-bond acceptors (Lipinski definition) is 2. The molecule has 0 aliphatic carbocycles. The smallest absolute Gasteiger partial charge is 0.124 e. The first-order valence-corrected chi connectivity index (χ1v) is 7.48. The van der Waals surface area contributed by atoms with Crippen LogP contribution in [0, 0.1) is 25.5 Å². The van der Waals surface area contributed by atoms with E-state index >= 15 is 0 Å². The van der Waals surface area contributed by atoms with Crippen LogP contribution in [0.5, 0.6) is 0 Å². The Hall–Kier alpha value is -1.78. The average molecular weight is 303 g/mol. The van der Waals surface area contributed by atoms with Crippen molar-refractivity contribution in [2.75, 3.05) is 0 Å². The molecule has 0 radical (unpaired) electrons. The van der Waals surface area contributed by atoms with Crippen LogP contribution in [0.4, 0.5) is 8.78 Å². The van der Waals surface area contributed by atoms with E-state index in [9.17, 15) is 8.78 Å². The molecule has 4 heteroatoms. The van der Waals surface area contributed by atoms with E-state index < -0.39 is 0 Å². The van der Waals surface area contributed by atoms with Gasteiger partial charge in [0.1, 0.15) is 11.6 Å². The van der Waals surface area contributed by atoms with Crippen LogP contribution in [-0.4, -0.2) is 0 Å². The number of benzene rings is 2. The predicted molar refractivity (Wildman–Crippen MR) is 83.7 cm³/mol. The van der Waals surface area contributed by atoms with Crippen molar-refractivity contribution in [3.8, 4) is 0 Å². The quantitative estimate of drug-likeness (QED) is 0.720. The molecule has 0 aliphatic heterocycles. The lowest BCUT2D eigenvalue weighted by Gasteiger charge is -2.16. The molecule has 0 fully saturated rings. The van der Waals surface area contributed by atoms with Crippen molar-refractivity contribution in [2.45, 2.75) is 19.9 Å². The van der Waals surface area contributed by atoms with Gasteiger partial charge in [0.15, 0.2) is 0 Å². The fourth-order valence-corrected chi connectivity index (χ4v) is 3.83. The lowest BCUT2D eigenvalue weighted by molar-refractivity contribution is 0.623. The summed E-state index contributed by atoms with van der Waals surface area (Å²) in [6, 6.07) is 9.35. The summed E-state index contributed by atoms with van der Waals surface area (Å²) in [5, 5.41) is 0.976. The third-order valence-electron chi connectivity index (χ3n) is 3.68. The van der Waals surface area contributed by atoms with Gasteiger partial charge in [-0.3, -0.25) is 0 Å². The summed E-state index contributed by atoms with van der Waals surface area (Å²) < 4.78 is 27.6. The second kappa shape index (κ2) is 5.20. The highest BCUT2D eigenvalue weighted by Crippen LogP contribution is 2.34. The third kappa shape index (κ3) is 2.57. The first-order chi connectivity index (χ1) is 9.95. The Morgan fingerprint density at radius 3 is 2.29 bits per heavy atom. The largest absolute Gasteiger partial charge is 0.320 e. The van der Waals surface area contributed by atoms with Gasteiger partial charge in [0, 0.05) is 9.58 Å². The van der Waals surface area contributed by atoms with Gasteiger partial charge in [-0.15, -0.1) is 11.3 Å². The Kier molecular flexibility index (Phi) is 3.51. The Morgan fingerprint density at radius 2 is 1.62 bits per heavy atom. The fraction of sp³-hybridized carbons (Fsp3) is 0.176. The average Bonchev–Trinajstić information content (AvgIpc) is 2.80. The zero-order chi connectivity index (χ0) is 15.1. The molecule has 1 unspecified atom stereocenters. The molecule has 108 valence electrons. The highest BCUT2D eigenvalue weighted by molar-refractivity contribution is 7.19. The van der Waals surface area contributed by atoms with Crippen LogP contribution >= 0.6 is 11.3 Å². The predicted octanol–water partition coefficient (Wildman–Crippen LogP) is 4.84. The molecule has 1 nitrogen and oxygen atoms in total. The number of hydrogen-bond donors (Lipinski definition) is 1. The molecule has 2 N–H and O–H groups in total. The van der Waals surface area contributed by atoms with E-state index in [1.54, 1.807) is 6.07 Å². The third-order valence-corrected chi connectivity index (χ3v) is 4.86. The van der Waals surface area contributed by atoms with E-state index in [1.165, 1.54) is 35.6 Å². The molecule has 0 saturated carbocycles. The Bertz CT molecular complexity index is 800. The summed E-state index contributed by atoms with van der Waals surface area (Å²) in [6.07, 6.45) is 0. The molecule has 3 aromatic rings. The Labute approximate surface area is 126 Å². The molecule has 1 aromatic heterocycles. The second-order valence-electron chi connectivity index (χ2n) is 5.26. The van der Waals surface area contributed by atoms with Crippen LogP contribution in [0.3, 0.4) is 0 Å². The lowest BCUT2D eigenvalue weighted by Crippen LogP contribution is -2.13. The minimum absolute atomic E-state index is 0.251. The van der Waals surface area contributed by atoms with Crippen LogP contribution in [0.1, 0.15) is 27.6 Å². The van der Waals surface area contributed by atoms with Gasteiger partial charge in [-0.1, -0.05) is 6.07 Å². The zero-order valence-electron chi connectivity index (χ0n) is 11.8. The number of fused-ring (bicyclic) bond motifs is 1. The van der Waals surface area contributed by atoms with Crippen molar-refractivity contribution >= 4 is 21.4 Å². The molecular formula is C17H15F2NS. The molecule has 1 atom stereocenters. The van der Waals surface area contributed by atoms with Gasteiger partial charge in [-0.05, 0) is 66.3 Å². The van der Waals surface area contributed by atoms with Crippen molar-refractivity contribution in [1.29, 1.82) is 0 Å². The Balaban J connectivity index is 2.10. The van der Waals surface area contributed by atoms with E-state index in [1.807, 2.05) is 19.9 Å². The molecule has 0 aliphatic rings. The van der Waals surface area contributed by atoms with Crippen molar-refractivity contribution < 1.29 is 8.78 Å². The van der Waals surface area contributed by atoms with E-state index in [0.29, 0.717) is 0 Å². The topological polar surface area (TPSA) is 26.0 Å². The molecule has 0 saturated heterocycles. The normalized spacial score (nSPS) is 12.8. The van der Waals surface area contributed by atoms with Crippen molar-refractivity contribution in [3.63, 3.8) is 0 Å². The van der Waals surface area contributed by atoms with Gasteiger partial charge < -0.3 is 5.73 Å². The van der Waals surface area contributed by atoms with Gasteiger partial charge in [0.2, 0.25) is 0 Å². The van der Waals surface area contributed by atoms with Gasteiger partial charge in [-0.2, -0.15) is 0 Å². The molecular weight excluding hydrogens is 288 g/mol. The first-order valence-electron chi connectivity index (χ1n) is 6.67. The van der Waals surface area contributed by atoms with Crippen molar-refractivity contribution in [1.82, 2.24) is 0 Å². The summed E-state index contributed by atoms with van der Waals surface area (Å²) in [7, 11) is 0. The van der Waals surface area contributed by atoms with E-state index in [2.05, 4.69) is 0 Å². The van der Waals surface area contributed by atoms with Gasteiger partial charge in [0.25, 0.3) is 0 Å². The Morgan fingerprint density at radius 1 is 0.952 bits per heavy atom. The standard InChI is InChI=1S/C17H15F2NS/c1-9-5-13(19)6-10(2)16(9)17(20)15-7-11-3-4-12(18)8-14(11)21-15/h3-8,17H,20H2,1-2H3. The van der Waals surface area contributed by atoms with Crippen molar-refractivity contribution in [3.05, 3.63) is 69.6 Å². The minimum Gasteiger partial charge on any atom is -0.320 e. The van der Waals surface area contributed by atoms with E-state index in [-0.39, 0.29) is 17.7 Å². The number of rotatable bonds is 2. The number of halogens is 2. The van der Waals surface area contributed by atoms with Crippen LogP contribution in [0.15, 0.2) is 36.4 Å². The monoisotopic (exact) mass is 303 g/mol.